The van der Waals surface area contributed by atoms with Gasteiger partial charge < -0.3 is 5.32 Å². The molecule has 2 aromatic rings. The van der Waals surface area contributed by atoms with Crippen molar-refractivity contribution in [2.75, 3.05) is 5.32 Å². The number of carbonyl (C=O) groups is 2. The number of hydrogen-bond acceptors (Lipinski definition) is 3. The average molecular weight is 236 g/mol. The van der Waals surface area contributed by atoms with Crippen molar-refractivity contribution < 1.29 is 9.59 Å². The predicted molar refractivity (Wildman–Crippen MR) is 68.9 cm³/mol. The van der Waals surface area contributed by atoms with E-state index in [9.17, 15) is 9.59 Å². The molecule has 0 unspecified atom stereocenters. The van der Waals surface area contributed by atoms with Crippen LogP contribution in [0.25, 0.3) is 0 Å². The van der Waals surface area contributed by atoms with Crippen LogP contribution in [0.15, 0.2) is 48.8 Å². The summed E-state index contributed by atoms with van der Waals surface area (Å²) in [6.07, 6.45) is 3.06. The number of pyridine rings is 1. The van der Waals surface area contributed by atoms with Crippen LogP contribution in [-0.2, 0) is 0 Å². The molecule has 0 aliphatic rings. The quantitative estimate of drug-likeness (QED) is 0.654. The van der Waals surface area contributed by atoms with Gasteiger partial charge in [0.1, 0.15) is 0 Å². The van der Waals surface area contributed by atoms with E-state index in [0.29, 0.717) is 16.8 Å². The molecular formula is C13H9BN2O2. The molecule has 0 spiro atoms. The molecule has 1 N–H and O–H groups in total. The summed E-state index contributed by atoms with van der Waals surface area (Å²) in [5, 5.41) is 2.42. The fourth-order valence-corrected chi connectivity index (χ4v) is 1.58. The number of benzene rings is 1. The lowest BCUT2D eigenvalue weighted by Crippen LogP contribution is -2.13. The summed E-state index contributed by atoms with van der Waals surface area (Å²) in [5.74, 6) is -0.922. The summed E-state index contributed by atoms with van der Waals surface area (Å²) in [7, 11) is 5.06. The molecule has 86 valence electrons. The highest BCUT2D eigenvalue weighted by molar-refractivity contribution is 6.60. The molecular weight excluding hydrogens is 227 g/mol. The molecule has 1 aromatic heterocycles. The molecule has 1 aromatic carbocycles. The van der Waals surface area contributed by atoms with Gasteiger partial charge in [0.05, 0.1) is 5.69 Å². The molecule has 1 heterocycles. The van der Waals surface area contributed by atoms with Gasteiger partial charge in [0.25, 0.3) is 0 Å². The Morgan fingerprint density at radius 1 is 1.11 bits per heavy atom. The van der Waals surface area contributed by atoms with Crippen LogP contribution in [0.1, 0.15) is 15.9 Å². The van der Waals surface area contributed by atoms with Crippen molar-refractivity contribution in [3.8, 4) is 0 Å². The van der Waals surface area contributed by atoms with Gasteiger partial charge >= 0.3 is 0 Å². The third kappa shape index (κ3) is 2.63. The minimum Gasteiger partial charge on any atom is -0.335 e. The number of para-hydroxylation sites is 1. The van der Waals surface area contributed by atoms with Crippen molar-refractivity contribution >= 4 is 25.1 Å². The fraction of sp³-hybridized carbons (Fsp3) is 0. The van der Waals surface area contributed by atoms with E-state index in [0.717, 1.165) is 0 Å². The summed E-state index contributed by atoms with van der Waals surface area (Å²) < 4.78 is 0. The maximum absolute atomic E-state index is 12.2. The standard InChI is InChI=1S/C13H9BN2O2/c14-13(18)16-11-6-2-1-5-10(11)12(17)9-4-3-7-15-8-9/h1-8H,(H,16,18). The first-order valence-electron chi connectivity index (χ1n) is 5.28. The van der Waals surface area contributed by atoms with Crippen molar-refractivity contribution in [1.82, 2.24) is 4.98 Å². The van der Waals surface area contributed by atoms with Crippen LogP contribution >= 0.6 is 0 Å². The highest BCUT2D eigenvalue weighted by atomic mass is 16.1. The molecule has 4 nitrogen and oxygen atoms in total. The second-order valence-corrected chi connectivity index (χ2v) is 3.61. The first-order valence-corrected chi connectivity index (χ1v) is 5.28. The van der Waals surface area contributed by atoms with Crippen LogP contribution in [0.2, 0.25) is 0 Å². The molecule has 0 saturated heterocycles. The molecule has 0 fully saturated rings. The van der Waals surface area contributed by atoms with E-state index in [1.54, 1.807) is 42.6 Å². The summed E-state index contributed by atoms with van der Waals surface area (Å²) >= 11 is 0. The Labute approximate surface area is 105 Å². The number of nitrogens with zero attached hydrogens (tertiary/aromatic N) is 1. The zero-order valence-corrected chi connectivity index (χ0v) is 9.46. The van der Waals surface area contributed by atoms with Gasteiger partial charge in [-0.3, -0.25) is 14.6 Å². The minimum atomic E-state index is -0.707. The zero-order chi connectivity index (χ0) is 13.0. The van der Waals surface area contributed by atoms with Gasteiger partial charge in [0, 0.05) is 23.5 Å². The van der Waals surface area contributed by atoms with Crippen molar-refractivity contribution in [3.05, 3.63) is 59.9 Å². The number of aromatic nitrogens is 1. The van der Waals surface area contributed by atoms with E-state index in [1.807, 2.05) is 0 Å². The molecule has 0 bridgehead atoms. The van der Waals surface area contributed by atoms with Crippen LogP contribution < -0.4 is 5.32 Å². The van der Waals surface area contributed by atoms with Gasteiger partial charge in [-0.25, -0.2) is 0 Å². The van der Waals surface area contributed by atoms with E-state index in [1.165, 1.54) is 6.20 Å². The Kier molecular flexibility index (Phi) is 3.53. The Morgan fingerprint density at radius 2 is 1.89 bits per heavy atom. The first kappa shape index (κ1) is 12.0. The van der Waals surface area contributed by atoms with Gasteiger partial charge in [0.2, 0.25) is 7.85 Å². The number of ketones is 1. The molecule has 1 amide bonds. The lowest BCUT2D eigenvalue weighted by Gasteiger charge is -2.08. The molecule has 2 radical (unpaired) electrons. The lowest BCUT2D eigenvalue weighted by molar-refractivity contribution is 0.103. The van der Waals surface area contributed by atoms with E-state index in [2.05, 4.69) is 10.3 Å². The topological polar surface area (TPSA) is 59.1 Å². The van der Waals surface area contributed by atoms with E-state index >= 15 is 0 Å². The van der Waals surface area contributed by atoms with Crippen molar-refractivity contribution in [1.29, 1.82) is 0 Å². The van der Waals surface area contributed by atoms with E-state index < -0.39 is 5.81 Å². The second-order valence-electron chi connectivity index (χ2n) is 3.61. The average Bonchev–Trinajstić information content (AvgIpc) is 2.39. The smallest absolute Gasteiger partial charge is 0.201 e. The third-order valence-corrected chi connectivity index (χ3v) is 2.35. The lowest BCUT2D eigenvalue weighted by atomic mass is 10.0. The number of nitrogens with one attached hydrogen (secondary N) is 1. The molecule has 0 aliphatic carbocycles. The van der Waals surface area contributed by atoms with Gasteiger partial charge in [-0.05, 0) is 24.3 Å². The van der Waals surface area contributed by atoms with Crippen LogP contribution in [0.3, 0.4) is 0 Å². The maximum Gasteiger partial charge on any atom is 0.201 e. The highest BCUT2D eigenvalue weighted by Gasteiger charge is 2.13. The second kappa shape index (κ2) is 5.27. The summed E-state index contributed by atoms with van der Waals surface area (Å²) in [6.45, 7) is 0. The fourth-order valence-electron chi connectivity index (χ4n) is 1.58. The van der Waals surface area contributed by atoms with Gasteiger partial charge in [-0.1, -0.05) is 12.1 Å². The summed E-state index contributed by atoms with van der Waals surface area (Å²) in [6, 6.07) is 10.0. The van der Waals surface area contributed by atoms with Crippen molar-refractivity contribution in [2.24, 2.45) is 0 Å². The number of carbonyl (C=O) groups excluding carboxylic acids is 2. The SMILES string of the molecule is [B]C(=O)Nc1ccccc1C(=O)c1cccnc1. The van der Waals surface area contributed by atoms with Crippen LogP contribution in [0.5, 0.6) is 0 Å². The number of rotatable bonds is 3. The number of amides is 1. The maximum atomic E-state index is 12.2. The van der Waals surface area contributed by atoms with Gasteiger partial charge in [0.15, 0.2) is 11.6 Å². The van der Waals surface area contributed by atoms with E-state index in [4.69, 9.17) is 7.85 Å². The number of anilines is 1. The van der Waals surface area contributed by atoms with Crippen molar-refractivity contribution in [2.45, 2.75) is 0 Å². The molecule has 2 rings (SSSR count). The van der Waals surface area contributed by atoms with Crippen LogP contribution in [-0.4, -0.2) is 24.4 Å². The predicted octanol–water partition coefficient (Wildman–Crippen LogP) is 2.01. The van der Waals surface area contributed by atoms with Crippen molar-refractivity contribution in [3.63, 3.8) is 0 Å². The third-order valence-electron chi connectivity index (χ3n) is 2.35. The molecule has 18 heavy (non-hydrogen) atoms. The number of hydrogen-bond donors (Lipinski definition) is 1. The highest BCUT2D eigenvalue weighted by Crippen LogP contribution is 2.18. The Hall–Kier alpha value is -2.43. The summed E-state index contributed by atoms with van der Waals surface area (Å²) in [5.41, 5.74) is 1.22. The molecule has 0 atom stereocenters. The molecule has 0 saturated carbocycles. The van der Waals surface area contributed by atoms with Crippen LogP contribution in [0.4, 0.5) is 10.5 Å². The monoisotopic (exact) mass is 236 g/mol. The Morgan fingerprint density at radius 3 is 2.56 bits per heavy atom. The van der Waals surface area contributed by atoms with E-state index in [-0.39, 0.29) is 5.78 Å². The summed E-state index contributed by atoms with van der Waals surface area (Å²) in [4.78, 5) is 27.0. The largest absolute Gasteiger partial charge is 0.335 e. The molecule has 5 heteroatoms. The molecule has 0 aliphatic heterocycles. The van der Waals surface area contributed by atoms with Crippen LogP contribution in [0, 0.1) is 0 Å². The Bertz CT molecular complexity index is 585. The Balaban J connectivity index is 2.39. The normalized spacial score (nSPS) is 9.78. The minimum absolute atomic E-state index is 0.215. The first-order chi connectivity index (χ1) is 8.68. The van der Waals surface area contributed by atoms with Gasteiger partial charge in [-0.15, -0.1) is 0 Å². The zero-order valence-electron chi connectivity index (χ0n) is 9.46. The van der Waals surface area contributed by atoms with Gasteiger partial charge in [-0.2, -0.15) is 0 Å².